The molecule has 0 aromatic carbocycles. The van der Waals surface area contributed by atoms with Gasteiger partial charge in [-0.05, 0) is 71.1 Å². The Balaban J connectivity index is 1.79. The molecule has 0 aromatic heterocycles. The molecule has 5 heteroatoms. The summed E-state index contributed by atoms with van der Waals surface area (Å²) in [5, 5.41) is 3.12. The molecule has 1 amide bonds. The lowest BCUT2D eigenvalue weighted by molar-refractivity contribution is -0.171. The van der Waals surface area contributed by atoms with Crippen LogP contribution in [0, 0.1) is 17.3 Å². The van der Waals surface area contributed by atoms with Crippen molar-refractivity contribution in [1.82, 2.24) is 5.32 Å². The largest absolute Gasteiger partial charge is 0.469 e. The highest BCUT2D eigenvalue weighted by Crippen LogP contribution is 2.62. The Bertz CT molecular complexity index is 479. The Morgan fingerprint density at radius 3 is 2.18 bits per heavy atom. The van der Waals surface area contributed by atoms with Gasteiger partial charge in [-0.15, -0.1) is 0 Å². The van der Waals surface area contributed by atoms with Crippen molar-refractivity contribution in [3.8, 4) is 0 Å². The molecule has 0 aromatic rings. The number of methoxy groups -OCH3 is 1. The Morgan fingerprint density at radius 1 is 1.09 bits per heavy atom. The minimum Gasteiger partial charge on any atom is -0.469 e. The van der Waals surface area contributed by atoms with E-state index >= 15 is 0 Å². The number of alkyl carbamates (subject to hydrolysis) is 1. The maximum atomic E-state index is 12.4. The van der Waals surface area contributed by atoms with Crippen molar-refractivity contribution in [2.24, 2.45) is 17.3 Å². The molecule has 4 aliphatic carbocycles. The van der Waals surface area contributed by atoms with Crippen molar-refractivity contribution in [2.45, 2.75) is 70.4 Å². The van der Waals surface area contributed by atoms with Gasteiger partial charge in [0.2, 0.25) is 0 Å². The number of hydrogen-bond donors (Lipinski definition) is 1. The molecule has 4 saturated carbocycles. The van der Waals surface area contributed by atoms with Crippen LogP contribution < -0.4 is 5.32 Å². The van der Waals surface area contributed by atoms with E-state index in [1.807, 2.05) is 20.8 Å². The van der Waals surface area contributed by atoms with Crippen molar-refractivity contribution in [3.05, 3.63) is 0 Å². The van der Waals surface area contributed by atoms with Crippen LogP contribution in [0.3, 0.4) is 0 Å². The summed E-state index contributed by atoms with van der Waals surface area (Å²) in [6.07, 6.45) is 5.25. The predicted octanol–water partition coefficient (Wildman–Crippen LogP) is 3.02. The van der Waals surface area contributed by atoms with E-state index in [1.165, 1.54) is 13.5 Å². The third kappa shape index (κ3) is 2.70. The molecular formula is C17H27NO4. The SMILES string of the molecule is COC(=O)C12CC3CC(CC(NC(=O)OC(C)(C)C)(C3)C1)C2. The molecule has 0 heterocycles. The summed E-state index contributed by atoms with van der Waals surface area (Å²) in [6.45, 7) is 5.59. The molecule has 2 unspecified atom stereocenters. The van der Waals surface area contributed by atoms with Gasteiger partial charge in [0.1, 0.15) is 5.60 Å². The van der Waals surface area contributed by atoms with Gasteiger partial charge in [-0.3, -0.25) is 4.79 Å². The van der Waals surface area contributed by atoms with Gasteiger partial charge in [-0.2, -0.15) is 0 Å². The van der Waals surface area contributed by atoms with Crippen molar-refractivity contribution < 1.29 is 19.1 Å². The third-order valence-electron chi connectivity index (χ3n) is 5.45. The first-order valence-electron chi connectivity index (χ1n) is 8.25. The van der Waals surface area contributed by atoms with Crippen LogP contribution in [-0.4, -0.2) is 30.3 Å². The first kappa shape index (κ1) is 15.6. The number of esters is 1. The van der Waals surface area contributed by atoms with Crippen molar-refractivity contribution in [1.29, 1.82) is 0 Å². The van der Waals surface area contributed by atoms with Crippen LogP contribution in [0.5, 0.6) is 0 Å². The summed E-state index contributed by atoms with van der Waals surface area (Å²) in [5.41, 5.74) is -1.19. The van der Waals surface area contributed by atoms with Crippen LogP contribution in [0.1, 0.15) is 59.3 Å². The van der Waals surface area contributed by atoms with E-state index in [0.29, 0.717) is 18.3 Å². The summed E-state index contributed by atoms with van der Waals surface area (Å²) in [7, 11) is 1.47. The van der Waals surface area contributed by atoms with Gasteiger partial charge in [-0.1, -0.05) is 0 Å². The smallest absolute Gasteiger partial charge is 0.408 e. The van der Waals surface area contributed by atoms with E-state index in [4.69, 9.17) is 9.47 Å². The highest BCUT2D eigenvalue weighted by Gasteiger charge is 2.61. The molecule has 4 bridgehead atoms. The van der Waals surface area contributed by atoms with Crippen LogP contribution in [0.15, 0.2) is 0 Å². The monoisotopic (exact) mass is 309 g/mol. The second kappa shape index (κ2) is 4.87. The van der Waals surface area contributed by atoms with E-state index < -0.39 is 11.0 Å². The van der Waals surface area contributed by atoms with Crippen LogP contribution >= 0.6 is 0 Å². The molecule has 1 N–H and O–H groups in total. The standard InChI is InChI=1S/C17H27NO4/c1-15(2,3)22-14(20)18-17-8-11-5-12(9-17)7-16(6-11,10-17)13(19)21-4/h11-12H,5-10H2,1-4H3,(H,18,20). The van der Waals surface area contributed by atoms with E-state index in [0.717, 1.165) is 25.7 Å². The highest BCUT2D eigenvalue weighted by molar-refractivity contribution is 5.78. The maximum absolute atomic E-state index is 12.4. The zero-order chi connectivity index (χ0) is 16.2. The van der Waals surface area contributed by atoms with Crippen LogP contribution in [0.25, 0.3) is 0 Å². The minimum atomic E-state index is -0.508. The molecule has 124 valence electrons. The highest BCUT2D eigenvalue weighted by atomic mass is 16.6. The van der Waals surface area contributed by atoms with Crippen LogP contribution in [0.4, 0.5) is 4.79 Å². The van der Waals surface area contributed by atoms with Crippen molar-refractivity contribution in [2.75, 3.05) is 7.11 Å². The van der Waals surface area contributed by atoms with E-state index in [9.17, 15) is 9.59 Å². The lowest BCUT2D eigenvalue weighted by Crippen LogP contribution is -2.65. The van der Waals surface area contributed by atoms with Crippen LogP contribution in [0.2, 0.25) is 0 Å². The zero-order valence-electron chi connectivity index (χ0n) is 14.0. The zero-order valence-corrected chi connectivity index (χ0v) is 14.0. The van der Waals surface area contributed by atoms with E-state index in [2.05, 4.69) is 5.32 Å². The average molecular weight is 309 g/mol. The molecule has 0 spiro atoms. The number of carbonyl (C=O) groups excluding carboxylic acids is 2. The summed E-state index contributed by atoms with van der Waals surface area (Å²) >= 11 is 0. The Labute approximate surface area is 132 Å². The number of ether oxygens (including phenoxy) is 2. The fraction of sp³-hybridized carbons (Fsp3) is 0.882. The summed E-state index contributed by atoms with van der Waals surface area (Å²) < 4.78 is 10.5. The van der Waals surface area contributed by atoms with Crippen LogP contribution in [-0.2, 0) is 14.3 Å². The molecule has 4 fully saturated rings. The van der Waals surface area contributed by atoms with Gasteiger partial charge in [0.25, 0.3) is 0 Å². The third-order valence-corrected chi connectivity index (χ3v) is 5.45. The maximum Gasteiger partial charge on any atom is 0.408 e. The quantitative estimate of drug-likeness (QED) is 0.796. The van der Waals surface area contributed by atoms with E-state index in [1.54, 1.807) is 0 Å². The Hall–Kier alpha value is -1.26. The number of carbonyl (C=O) groups is 2. The molecule has 22 heavy (non-hydrogen) atoms. The van der Waals surface area contributed by atoms with Gasteiger partial charge in [0.15, 0.2) is 0 Å². The molecule has 0 saturated heterocycles. The lowest BCUT2D eigenvalue weighted by Gasteiger charge is -2.60. The Kier molecular flexibility index (Phi) is 3.46. The minimum absolute atomic E-state index is 0.100. The predicted molar refractivity (Wildman–Crippen MR) is 81.2 cm³/mol. The summed E-state index contributed by atoms with van der Waals surface area (Å²) in [5.74, 6) is 0.919. The Morgan fingerprint density at radius 2 is 1.68 bits per heavy atom. The van der Waals surface area contributed by atoms with Gasteiger partial charge >= 0.3 is 12.1 Å². The first-order valence-corrected chi connectivity index (χ1v) is 8.25. The number of rotatable bonds is 2. The van der Waals surface area contributed by atoms with Gasteiger partial charge in [0, 0.05) is 5.54 Å². The van der Waals surface area contributed by atoms with Gasteiger partial charge in [0.05, 0.1) is 12.5 Å². The molecule has 0 aliphatic heterocycles. The molecule has 4 aliphatic rings. The second-order valence-electron chi connectivity index (χ2n) is 8.64. The molecule has 5 nitrogen and oxygen atoms in total. The number of hydrogen-bond acceptors (Lipinski definition) is 4. The topological polar surface area (TPSA) is 64.6 Å². The molecule has 2 atom stereocenters. The van der Waals surface area contributed by atoms with Crippen molar-refractivity contribution >= 4 is 12.1 Å². The lowest BCUT2D eigenvalue weighted by atomic mass is 9.47. The van der Waals surface area contributed by atoms with Gasteiger partial charge < -0.3 is 14.8 Å². The fourth-order valence-corrected chi connectivity index (χ4v) is 5.38. The fourth-order valence-electron chi connectivity index (χ4n) is 5.38. The molecular weight excluding hydrogens is 282 g/mol. The van der Waals surface area contributed by atoms with E-state index in [-0.39, 0.29) is 17.6 Å². The number of nitrogens with one attached hydrogen (secondary N) is 1. The average Bonchev–Trinajstić information content (AvgIpc) is 2.32. The molecule has 4 rings (SSSR count). The number of amides is 1. The second-order valence-corrected chi connectivity index (χ2v) is 8.64. The summed E-state index contributed by atoms with van der Waals surface area (Å²) in [4.78, 5) is 24.6. The first-order chi connectivity index (χ1) is 10.2. The van der Waals surface area contributed by atoms with Gasteiger partial charge in [-0.25, -0.2) is 4.79 Å². The summed E-state index contributed by atoms with van der Waals surface area (Å²) in [6, 6.07) is 0. The van der Waals surface area contributed by atoms with Crippen molar-refractivity contribution in [3.63, 3.8) is 0 Å². The molecule has 0 radical (unpaired) electrons. The normalized spacial score (nSPS) is 39.5.